The van der Waals surface area contributed by atoms with Crippen molar-refractivity contribution in [1.82, 2.24) is 0 Å². The first kappa shape index (κ1) is 19.1. The summed E-state index contributed by atoms with van der Waals surface area (Å²) in [6.45, 7) is 9.27. The molecular weight excluding hydrogens is 320 g/mol. The van der Waals surface area contributed by atoms with Crippen LogP contribution in [0.4, 0.5) is 0 Å². The number of aliphatic hydroxyl groups is 5. The van der Waals surface area contributed by atoms with Gasteiger partial charge in [0.15, 0.2) is 5.79 Å². The average Bonchev–Trinajstić information content (AvgIpc) is 2.95. The van der Waals surface area contributed by atoms with Crippen molar-refractivity contribution in [2.75, 3.05) is 6.61 Å². The van der Waals surface area contributed by atoms with E-state index in [4.69, 9.17) is 5.11 Å². The quantitative estimate of drug-likeness (QED) is 0.378. The van der Waals surface area contributed by atoms with E-state index in [0.29, 0.717) is 23.3 Å². The fraction of sp³-hybridized carbons (Fsp3) is 0.800. The van der Waals surface area contributed by atoms with Crippen LogP contribution in [0.5, 0.6) is 0 Å². The number of hydrogen-bond donors (Lipinski definition) is 5. The van der Waals surface area contributed by atoms with Crippen molar-refractivity contribution in [2.24, 2.45) is 35.0 Å². The Morgan fingerprint density at radius 1 is 1.36 bits per heavy atom. The second-order valence-electron chi connectivity index (χ2n) is 9.07. The van der Waals surface area contributed by atoms with E-state index in [1.165, 1.54) is 19.1 Å². The van der Waals surface area contributed by atoms with E-state index in [2.05, 4.69) is 13.5 Å². The lowest BCUT2D eigenvalue weighted by Crippen LogP contribution is -2.62. The van der Waals surface area contributed by atoms with Gasteiger partial charge in [0.05, 0.1) is 12.7 Å². The highest BCUT2D eigenvalue weighted by molar-refractivity contribution is 5.29. The summed E-state index contributed by atoms with van der Waals surface area (Å²) in [6, 6.07) is 0. The van der Waals surface area contributed by atoms with Gasteiger partial charge in [-0.2, -0.15) is 0 Å². The third kappa shape index (κ3) is 2.63. The monoisotopic (exact) mass is 352 g/mol. The number of hydrogen-bond acceptors (Lipinski definition) is 5. The normalized spacial score (nSPS) is 45.5. The van der Waals surface area contributed by atoms with Gasteiger partial charge in [0, 0.05) is 11.8 Å². The summed E-state index contributed by atoms with van der Waals surface area (Å²) in [5.41, 5.74) is -1.38. The molecule has 3 saturated carbocycles. The van der Waals surface area contributed by atoms with Crippen molar-refractivity contribution in [1.29, 1.82) is 0 Å². The molecule has 5 nitrogen and oxygen atoms in total. The molecule has 25 heavy (non-hydrogen) atoms. The Kier molecular flexibility index (Phi) is 4.49. The SMILES string of the molecule is C=C([C@H](O)/C=C/[C@@](C)(O)CO)[C@@H]1CC(O)(O)[C@@]2(C)[C@@H]1[C@@H]1[C@H](C)CC[C@@H]12. The van der Waals surface area contributed by atoms with E-state index in [9.17, 15) is 20.4 Å². The molecule has 8 atom stereocenters. The van der Waals surface area contributed by atoms with Crippen LogP contribution in [0.3, 0.4) is 0 Å². The zero-order chi connectivity index (χ0) is 18.8. The standard InChI is InChI=1S/C20H32O5/c1-11-5-6-14-16(11)17-13(9-20(24,25)19(14,17)4)12(2)15(22)7-8-18(3,23)10-21/h7-8,11,13-17,21-25H,2,5-6,9-10H2,1,3-4H3/b8-7+/t11-,13+,14+,15-,16-,17+,18-,19-/m1/s1. The second-order valence-corrected chi connectivity index (χ2v) is 9.07. The molecule has 0 aromatic rings. The van der Waals surface area contributed by atoms with Crippen molar-refractivity contribution in [2.45, 2.75) is 57.5 Å². The van der Waals surface area contributed by atoms with E-state index in [-0.39, 0.29) is 18.3 Å². The third-order valence-electron chi connectivity index (χ3n) is 7.55. The summed E-state index contributed by atoms with van der Waals surface area (Å²) in [5.74, 6) is -0.474. The van der Waals surface area contributed by atoms with Crippen LogP contribution in [0.2, 0.25) is 0 Å². The molecule has 3 aliphatic carbocycles. The number of fused-ring (bicyclic) bond motifs is 4. The molecule has 0 unspecified atom stereocenters. The van der Waals surface area contributed by atoms with Gasteiger partial charge in [0.1, 0.15) is 5.60 Å². The summed E-state index contributed by atoms with van der Waals surface area (Å²) in [6.07, 6.45) is 4.13. The maximum absolute atomic E-state index is 10.7. The minimum Gasteiger partial charge on any atom is -0.393 e. The summed E-state index contributed by atoms with van der Waals surface area (Å²) < 4.78 is 0. The van der Waals surface area contributed by atoms with Gasteiger partial charge in [0.2, 0.25) is 0 Å². The van der Waals surface area contributed by atoms with Crippen LogP contribution < -0.4 is 0 Å². The lowest BCUT2D eigenvalue weighted by Gasteiger charge is -2.60. The Labute approximate surface area is 149 Å². The van der Waals surface area contributed by atoms with Crippen LogP contribution in [-0.2, 0) is 0 Å². The van der Waals surface area contributed by atoms with Gasteiger partial charge in [0.25, 0.3) is 0 Å². The van der Waals surface area contributed by atoms with Crippen LogP contribution in [-0.4, -0.2) is 49.6 Å². The van der Waals surface area contributed by atoms with Crippen molar-refractivity contribution in [3.8, 4) is 0 Å². The van der Waals surface area contributed by atoms with Crippen molar-refractivity contribution < 1.29 is 25.5 Å². The predicted octanol–water partition coefficient (Wildman–Crippen LogP) is 1.20. The van der Waals surface area contributed by atoms with Gasteiger partial charge >= 0.3 is 0 Å². The van der Waals surface area contributed by atoms with Gasteiger partial charge < -0.3 is 25.5 Å². The molecule has 0 spiro atoms. The van der Waals surface area contributed by atoms with Crippen molar-refractivity contribution in [3.05, 3.63) is 24.3 Å². The molecule has 0 radical (unpaired) electrons. The van der Waals surface area contributed by atoms with Gasteiger partial charge in [-0.1, -0.05) is 39.0 Å². The lowest BCUT2D eigenvalue weighted by atomic mass is 9.45. The first-order valence-electron chi connectivity index (χ1n) is 9.30. The zero-order valence-electron chi connectivity index (χ0n) is 15.4. The maximum atomic E-state index is 10.7. The molecule has 0 bridgehead atoms. The highest BCUT2D eigenvalue weighted by Crippen LogP contribution is 2.75. The molecule has 3 aliphatic rings. The predicted molar refractivity (Wildman–Crippen MR) is 94.2 cm³/mol. The third-order valence-corrected chi connectivity index (χ3v) is 7.55. The highest BCUT2D eigenvalue weighted by atomic mass is 16.5. The molecule has 5 heteroatoms. The molecule has 0 aromatic carbocycles. The first-order chi connectivity index (χ1) is 11.5. The largest absolute Gasteiger partial charge is 0.393 e. The Morgan fingerprint density at radius 2 is 2.00 bits per heavy atom. The van der Waals surface area contributed by atoms with Gasteiger partial charge in [-0.15, -0.1) is 0 Å². The topological polar surface area (TPSA) is 101 Å². The maximum Gasteiger partial charge on any atom is 0.169 e. The Hall–Kier alpha value is -0.720. The van der Waals surface area contributed by atoms with E-state index in [1.54, 1.807) is 0 Å². The van der Waals surface area contributed by atoms with Crippen LogP contribution in [0, 0.1) is 35.0 Å². The number of aliphatic hydroxyl groups excluding tert-OH is 2. The van der Waals surface area contributed by atoms with Crippen LogP contribution in [0.15, 0.2) is 24.3 Å². The minimum absolute atomic E-state index is 0.110. The Balaban J connectivity index is 1.82. The van der Waals surface area contributed by atoms with Gasteiger partial charge in [-0.05, 0) is 48.5 Å². The molecule has 0 aliphatic heterocycles. The molecular formula is C20H32O5. The summed E-state index contributed by atoms with van der Waals surface area (Å²) >= 11 is 0. The molecule has 3 fully saturated rings. The highest BCUT2D eigenvalue weighted by Gasteiger charge is 2.75. The summed E-state index contributed by atoms with van der Waals surface area (Å²) in [5, 5.41) is 50.9. The van der Waals surface area contributed by atoms with E-state index in [0.717, 1.165) is 12.8 Å². The van der Waals surface area contributed by atoms with Gasteiger partial charge in [-0.25, -0.2) is 0 Å². The minimum atomic E-state index is -1.74. The first-order valence-corrected chi connectivity index (χ1v) is 9.30. The Bertz CT molecular complexity index is 581. The second kappa shape index (κ2) is 5.89. The smallest absolute Gasteiger partial charge is 0.169 e. The summed E-state index contributed by atoms with van der Waals surface area (Å²) in [4.78, 5) is 0. The fourth-order valence-electron chi connectivity index (χ4n) is 6.02. The lowest BCUT2D eigenvalue weighted by molar-refractivity contribution is -0.290. The van der Waals surface area contributed by atoms with Crippen LogP contribution in [0.1, 0.15) is 40.0 Å². The van der Waals surface area contributed by atoms with E-state index < -0.39 is 29.5 Å². The Morgan fingerprint density at radius 3 is 2.60 bits per heavy atom. The molecule has 3 rings (SSSR count). The zero-order valence-corrected chi connectivity index (χ0v) is 15.4. The molecule has 142 valence electrons. The average molecular weight is 352 g/mol. The fourth-order valence-corrected chi connectivity index (χ4v) is 6.02. The molecule has 0 heterocycles. The number of rotatable bonds is 5. The van der Waals surface area contributed by atoms with Crippen LogP contribution in [0.25, 0.3) is 0 Å². The van der Waals surface area contributed by atoms with Crippen molar-refractivity contribution >= 4 is 0 Å². The molecule has 0 saturated heterocycles. The van der Waals surface area contributed by atoms with E-state index >= 15 is 0 Å². The molecule has 0 aromatic heterocycles. The van der Waals surface area contributed by atoms with Gasteiger partial charge in [-0.3, -0.25) is 0 Å². The summed E-state index contributed by atoms with van der Waals surface area (Å²) in [7, 11) is 0. The molecule has 5 N–H and O–H groups in total. The van der Waals surface area contributed by atoms with E-state index in [1.807, 2.05) is 6.92 Å². The van der Waals surface area contributed by atoms with Crippen LogP contribution >= 0.6 is 0 Å². The van der Waals surface area contributed by atoms with Crippen molar-refractivity contribution in [3.63, 3.8) is 0 Å². The molecule has 0 amide bonds.